The number of halogens is 1. The van der Waals surface area contributed by atoms with Crippen LogP contribution in [0.4, 0.5) is 0 Å². The Bertz CT molecular complexity index is 566. The van der Waals surface area contributed by atoms with Gasteiger partial charge < -0.3 is 9.47 Å². The Labute approximate surface area is 137 Å². The van der Waals surface area contributed by atoms with Crippen LogP contribution in [0.5, 0.6) is 0 Å². The minimum absolute atomic E-state index is 0.223. The maximum absolute atomic E-state index is 5.96. The molecule has 22 heavy (non-hydrogen) atoms. The van der Waals surface area contributed by atoms with Gasteiger partial charge in [-0.25, -0.2) is 0 Å². The van der Waals surface area contributed by atoms with Crippen LogP contribution in [-0.2, 0) is 15.9 Å². The molecular weight excluding hydrogens is 300 g/mol. The molecule has 0 saturated heterocycles. The first-order valence-corrected chi connectivity index (χ1v) is 7.84. The van der Waals surface area contributed by atoms with Crippen LogP contribution in [0.1, 0.15) is 37.1 Å². The Morgan fingerprint density at radius 3 is 2.55 bits per heavy atom. The van der Waals surface area contributed by atoms with Crippen LogP contribution < -0.4 is 0 Å². The van der Waals surface area contributed by atoms with Gasteiger partial charge in [0.1, 0.15) is 6.79 Å². The minimum atomic E-state index is 0.223. The van der Waals surface area contributed by atoms with E-state index in [1.54, 1.807) is 7.11 Å². The van der Waals surface area contributed by atoms with Crippen molar-refractivity contribution in [2.24, 2.45) is 0 Å². The van der Waals surface area contributed by atoms with E-state index in [0.29, 0.717) is 19.4 Å². The molecule has 0 radical (unpaired) electrons. The van der Waals surface area contributed by atoms with Crippen molar-refractivity contribution in [1.29, 1.82) is 0 Å². The van der Waals surface area contributed by atoms with E-state index in [1.807, 2.05) is 18.3 Å². The van der Waals surface area contributed by atoms with Gasteiger partial charge in [-0.3, -0.25) is 4.68 Å². The highest BCUT2D eigenvalue weighted by molar-refractivity contribution is 6.30. The Balaban J connectivity index is 2.18. The SMILES string of the molecule is COCOCC(Cc1ccc(Cl)cc1)c1ccnn1C(C)C. The second-order valence-corrected chi connectivity index (χ2v) is 6.04. The van der Waals surface area contributed by atoms with E-state index in [2.05, 4.69) is 41.8 Å². The van der Waals surface area contributed by atoms with Gasteiger partial charge in [0.25, 0.3) is 0 Å². The summed E-state index contributed by atoms with van der Waals surface area (Å²) in [4.78, 5) is 0. The van der Waals surface area contributed by atoms with Gasteiger partial charge in [0.2, 0.25) is 0 Å². The predicted molar refractivity (Wildman–Crippen MR) is 88.3 cm³/mol. The maximum Gasteiger partial charge on any atom is 0.146 e. The van der Waals surface area contributed by atoms with Crippen molar-refractivity contribution in [1.82, 2.24) is 9.78 Å². The summed E-state index contributed by atoms with van der Waals surface area (Å²) in [6, 6.07) is 10.3. The number of rotatable bonds is 8. The van der Waals surface area contributed by atoms with Crippen molar-refractivity contribution in [2.45, 2.75) is 32.2 Å². The molecular formula is C17H23ClN2O2. The average Bonchev–Trinajstić information content (AvgIpc) is 2.98. The maximum atomic E-state index is 5.96. The summed E-state index contributed by atoms with van der Waals surface area (Å²) in [5, 5.41) is 5.18. The summed E-state index contributed by atoms with van der Waals surface area (Å²) in [6.45, 7) is 5.15. The zero-order chi connectivity index (χ0) is 15.9. The molecule has 4 nitrogen and oxygen atoms in total. The van der Waals surface area contributed by atoms with Crippen LogP contribution in [-0.4, -0.2) is 30.3 Å². The lowest BCUT2D eigenvalue weighted by molar-refractivity contribution is -0.0362. The normalized spacial score (nSPS) is 12.8. The van der Waals surface area contributed by atoms with E-state index in [0.717, 1.165) is 11.4 Å². The molecule has 0 N–H and O–H groups in total. The summed E-state index contributed by atoms with van der Waals surface area (Å²) >= 11 is 5.96. The summed E-state index contributed by atoms with van der Waals surface area (Å²) in [7, 11) is 1.63. The monoisotopic (exact) mass is 322 g/mol. The second-order valence-electron chi connectivity index (χ2n) is 5.60. The van der Waals surface area contributed by atoms with E-state index < -0.39 is 0 Å². The van der Waals surface area contributed by atoms with Gasteiger partial charge in [-0.2, -0.15) is 5.10 Å². The molecule has 1 heterocycles. The van der Waals surface area contributed by atoms with Crippen molar-refractivity contribution in [3.8, 4) is 0 Å². The van der Waals surface area contributed by atoms with Crippen molar-refractivity contribution in [2.75, 3.05) is 20.5 Å². The second kappa shape index (κ2) is 8.32. The van der Waals surface area contributed by atoms with Gasteiger partial charge in [-0.15, -0.1) is 0 Å². The molecule has 0 aliphatic rings. The van der Waals surface area contributed by atoms with Gasteiger partial charge in [0.15, 0.2) is 0 Å². The molecule has 0 amide bonds. The third kappa shape index (κ3) is 4.57. The van der Waals surface area contributed by atoms with Gasteiger partial charge in [0.05, 0.1) is 6.61 Å². The van der Waals surface area contributed by atoms with Crippen LogP contribution in [0.2, 0.25) is 5.02 Å². The summed E-state index contributed by atoms with van der Waals surface area (Å²) in [5.74, 6) is 0.223. The fourth-order valence-corrected chi connectivity index (χ4v) is 2.63. The first-order valence-electron chi connectivity index (χ1n) is 7.46. The topological polar surface area (TPSA) is 36.3 Å². The largest absolute Gasteiger partial charge is 0.359 e. The molecule has 0 saturated carbocycles. The van der Waals surface area contributed by atoms with Gasteiger partial charge in [0, 0.05) is 36.0 Å². The molecule has 1 aromatic carbocycles. The Morgan fingerprint density at radius 2 is 1.91 bits per heavy atom. The molecule has 0 aliphatic heterocycles. The fraction of sp³-hybridized carbons (Fsp3) is 0.471. The standard InChI is InChI=1S/C17H23ClN2O2/c1-13(2)20-17(8-9-19-20)15(11-22-12-21-3)10-14-4-6-16(18)7-5-14/h4-9,13,15H,10-12H2,1-3H3. The number of methoxy groups -OCH3 is 1. The van der Waals surface area contributed by atoms with Gasteiger partial charge in [-0.1, -0.05) is 23.7 Å². The van der Waals surface area contributed by atoms with Crippen LogP contribution in [0.15, 0.2) is 36.5 Å². The highest BCUT2D eigenvalue weighted by Crippen LogP contribution is 2.24. The minimum Gasteiger partial charge on any atom is -0.359 e. The van der Waals surface area contributed by atoms with Crippen molar-refractivity contribution >= 4 is 11.6 Å². The van der Waals surface area contributed by atoms with E-state index in [1.165, 1.54) is 11.3 Å². The summed E-state index contributed by atoms with van der Waals surface area (Å²) < 4.78 is 12.7. The van der Waals surface area contributed by atoms with Crippen LogP contribution in [0, 0.1) is 0 Å². The number of ether oxygens (including phenoxy) is 2. The molecule has 2 rings (SSSR count). The summed E-state index contributed by atoms with van der Waals surface area (Å²) in [6.07, 6.45) is 2.72. The van der Waals surface area contributed by atoms with Crippen LogP contribution >= 0.6 is 11.6 Å². The molecule has 0 fully saturated rings. The number of hydrogen-bond donors (Lipinski definition) is 0. The predicted octanol–water partition coefficient (Wildman–Crippen LogP) is 4.06. The Kier molecular flexibility index (Phi) is 6.43. The fourth-order valence-electron chi connectivity index (χ4n) is 2.51. The lowest BCUT2D eigenvalue weighted by Gasteiger charge is -2.20. The zero-order valence-electron chi connectivity index (χ0n) is 13.3. The summed E-state index contributed by atoms with van der Waals surface area (Å²) in [5.41, 5.74) is 2.41. The van der Waals surface area contributed by atoms with E-state index in [4.69, 9.17) is 21.1 Å². The highest BCUT2D eigenvalue weighted by atomic mass is 35.5. The third-order valence-electron chi connectivity index (χ3n) is 3.52. The average molecular weight is 323 g/mol. The number of nitrogens with zero attached hydrogens (tertiary/aromatic N) is 2. The van der Waals surface area contributed by atoms with Crippen molar-refractivity contribution in [3.05, 3.63) is 52.8 Å². The molecule has 1 unspecified atom stereocenters. The Hall–Kier alpha value is -1.36. The smallest absolute Gasteiger partial charge is 0.146 e. The molecule has 0 bridgehead atoms. The van der Waals surface area contributed by atoms with Gasteiger partial charge in [-0.05, 0) is 44.0 Å². The number of benzene rings is 1. The van der Waals surface area contributed by atoms with Crippen LogP contribution in [0.3, 0.4) is 0 Å². The quantitative estimate of drug-likeness (QED) is 0.543. The number of hydrogen-bond acceptors (Lipinski definition) is 3. The molecule has 0 aliphatic carbocycles. The van der Waals surface area contributed by atoms with Crippen LogP contribution in [0.25, 0.3) is 0 Å². The molecule has 120 valence electrons. The lowest BCUT2D eigenvalue weighted by Crippen LogP contribution is -2.18. The van der Waals surface area contributed by atoms with E-state index >= 15 is 0 Å². The van der Waals surface area contributed by atoms with Crippen molar-refractivity contribution in [3.63, 3.8) is 0 Å². The first kappa shape index (κ1) is 17.0. The third-order valence-corrected chi connectivity index (χ3v) is 3.78. The Morgan fingerprint density at radius 1 is 1.18 bits per heavy atom. The van der Waals surface area contributed by atoms with Gasteiger partial charge >= 0.3 is 0 Å². The molecule has 0 spiro atoms. The molecule has 2 aromatic rings. The molecule has 1 aromatic heterocycles. The lowest BCUT2D eigenvalue weighted by atomic mass is 9.96. The van der Waals surface area contributed by atoms with E-state index in [-0.39, 0.29) is 5.92 Å². The first-order chi connectivity index (χ1) is 10.6. The molecule has 1 atom stereocenters. The highest BCUT2D eigenvalue weighted by Gasteiger charge is 2.18. The van der Waals surface area contributed by atoms with Crippen molar-refractivity contribution < 1.29 is 9.47 Å². The molecule has 5 heteroatoms. The zero-order valence-corrected chi connectivity index (χ0v) is 14.1. The number of aromatic nitrogens is 2. The van der Waals surface area contributed by atoms with E-state index in [9.17, 15) is 0 Å².